The van der Waals surface area contributed by atoms with Gasteiger partial charge in [0.15, 0.2) is 0 Å². The summed E-state index contributed by atoms with van der Waals surface area (Å²) in [5.41, 5.74) is 0.959. The Bertz CT molecular complexity index is 382. The second-order valence-corrected chi connectivity index (χ2v) is 4.00. The maximum atomic E-state index is 11.4. The molecule has 0 atom stereocenters. The molecule has 106 valence electrons. The number of halogens is 1. The summed E-state index contributed by atoms with van der Waals surface area (Å²) in [4.78, 5) is 22.5. The van der Waals surface area contributed by atoms with Gasteiger partial charge in [-0.05, 0) is 12.0 Å². The number of hydrogen-bond donors (Lipinski definition) is 1. The molecule has 0 saturated heterocycles. The van der Waals surface area contributed by atoms with E-state index in [1.54, 1.807) is 0 Å². The van der Waals surface area contributed by atoms with Crippen molar-refractivity contribution in [2.45, 2.75) is 32.8 Å². The van der Waals surface area contributed by atoms with E-state index in [1.165, 1.54) is 0 Å². The highest BCUT2D eigenvalue weighted by atomic mass is 35.5. The highest BCUT2D eigenvalue weighted by Crippen LogP contribution is 2.01. The lowest BCUT2D eigenvalue weighted by Gasteiger charge is -2.06. The Hall–Kier alpha value is -1.55. The Morgan fingerprint density at radius 3 is 2.47 bits per heavy atom. The molecule has 19 heavy (non-hydrogen) atoms. The number of hydrogen-bond acceptors (Lipinski definition) is 3. The van der Waals surface area contributed by atoms with Crippen molar-refractivity contribution >= 4 is 24.3 Å². The van der Waals surface area contributed by atoms with Gasteiger partial charge in [-0.15, -0.1) is 12.4 Å². The second kappa shape index (κ2) is 10.4. The van der Waals surface area contributed by atoms with Crippen molar-refractivity contribution < 1.29 is 14.3 Å². The van der Waals surface area contributed by atoms with Crippen LogP contribution in [-0.4, -0.2) is 18.4 Å². The molecule has 1 aromatic rings. The van der Waals surface area contributed by atoms with E-state index in [9.17, 15) is 9.59 Å². The third-order valence-electron chi connectivity index (χ3n) is 2.37. The van der Waals surface area contributed by atoms with Crippen LogP contribution in [0.3, 0.4) is 0 Å². The Morgan fingerprint density at radius 2 is 1.84 bits per heavy atom. The van der Waals surface area contributed by atoms with E-state index in [4.69, 9.17) is 4.74 Å². The minimum absolute atomic E-state index is 0. The molecule has 1 rings (SSSR count). The first-order valence-electron chi connectivity index (χ1n) is 6.18. The van der Waals surface area contributed by atoms with Crippen LogP contribution in [0.4, 0.5) is 0 Å². The van der Waals surface area contributed by atoms with Crippen molar-refractivity contribution in [3.8, 4) is 0 Å². The van der Waals surface area contributed by atoms with Crippen molar-refractivity contribution in [3.63, 3.8) is 0 Å². The van der Waals surface area contributed by atoms with Gasteiger partial charge in [0.25, 0.3) is 0 Å². The molecule has 0 heterocycles. The average molecular weight is 286 g/mol. The molecule has 0 aliphatic rings. The molecule has 0 fully saturated rings. The van der Waals surface area contributed by atoms with Crippen LogP contribution >= 0.6 is 12.4 Å². The number of carbonyl (C=O) groups excluding carboxylic acids is 2. The fourth-order valence-corrected chi connectivity index (χ4v) is 1.43. The molecule has 0 radical (unpaired) electrons. The molecule has 0 aromatic heterocycles. The molecule has 0 saturated carbocycles. The monoisotopic (exact) mass is 285 g/mol. The van der Waals surface area contributed by atoms with Gasteiger partial charge in [-0.1, -0.05) is 37.3 Å². The van der Waals surface area contributed by atoms with Gasteiger partial charge in [0.2, 0.25) is 5.91 Å². The number of ether oxygens (including phenoxy) is 1. The summed E-state index contributed by atoms with van der Waals surface area (Å²) in [6.07, 6.45) is 1.52. The standard InChI is InChI=1S/C14H19NO3.ClH/c1-2-6-13(16)15-10-9-14(17)18-11-12-7-4-3-5-8-12;/h3-5,7-8H,2,6,9-11H2,1H3,(H,15,16);1H. The highest BCUT2D eigenvalue weighted by molar-refractivity contribution is 5.85. The van der Waals surface area contributed by atoms with Crippen molar-refractivity contribution in [1.29, 1.82) is 0 Å². The van der Waals surface area contributed by atoms with E-state index in [0.29, 0.717) is 13.0 Å². The molecule has 1 N–H and O–H groups in total. The molecule has 1 aromatic carbocycles. The van der Waals surface area contributed by atoms with Crippen LogP contribution in [0, 0.1) is 0 Å². The van der Waals surface area contributed by atoms with Gasteiger partial charge >= 0.3 is 5.97 Å². The first-order valence-corrected chi connectivity index (χ1v) is 6.18. The predicted molar refractivity (Wildman–Crippen MR) is 76.0 cm³/mol. The van der Waals surface area contributed by atoms with E-state index in [1.807, 2.05) is 37.3 Å². The topological polar surface area (TPSA) is 55.4 Å². The van der Waals surface area contributed by atoms with Crippen LogP contribution < -0.4 is 5.32 Å². The predicted octanol–water partition coefficient (Wildman–Crippen LogP) is 2.46. The van der Waals surface area contributed by atoms with Gasteiger partial charge in [0.05, 0.1) is 6.42 Å². The average Bonchev–Trinajstić information content (AvgIpc) is 2.38. The fourth-order valence-electron chi connectivity index (χ4n) is 1.43. The number of esters is 1. The van der Waals surface area contributed by atoms with Crippen LogP contribution in [0.5, 0.6) is 0 Å². The Balaban J connectivity index is 0.00000324. The fraction of sp³-hybridized carbons (Fsp3) is 0.429. The lowest BCUT2D eigenvalue weighted by molar-refractivity contribution is -0.144. The summed E-state index contributed by atoms with van der Waals surface area (Å²) in [5.74, 6) is -0.316. The molecule has 5 heteroatoms. The van der Waals surface area contributed by atoms with Gasteiger partial charge < -0.3 is 10.1 Å². The summed E-state index contributed by atoms with van der Waals surface area (Å²) in [6, 6.07) is 9.50. The Labute approximate surface area is 119 Å². The summed E-state index contributed by atoms with van der Waals surface area (Å²) >= 11 is 0. The third kappa shape index (κ3) is 8.21. The van der Waals surface area contributed by atoms with Crippen LogP contribution in [-0.2, 0) is 20.9 Å². The maximum Gasteiger partial charge on any atom is 0.307 e. The summed E-state index contributed by atoms with van der Waals surface area (Å²) in [6.45, 7) is 2.56. The molecule has 0 bridgehead atoms. The Morgan fingerprint density at radius 1 is 1.16 bits per heavy atom. The van der Waals surface area contributed by atoms with Crippen LogP contribution in [0.25, 0.3) is 0 Å². The van der Waals surface area contributed by atoms with Crippen molar-refractivity contribution in [2.75, 3.05) is 6.54 Å². The maximum absolute atomic E-state index is 11.4. The van der Waals surface area contributed by atoms with E-state index < -0.39 is 0 Å². The van der Waals surface area contributed by atoms with E-state index in [-0.39, 0.29) is 37.3 Å². The number of nitrogens with one attached hydrogen (secondary N) is 1. The molecular weight excluding hydrogens is 266 g/mol. The van der Waals surface area contributed by atoms with Gasteiger partial charge in [-0.2, -0.15) is 0 Å². The van der Waals surface area contributed by atoms with Gasteiger partial charge in [0, 0.05) is 13.0 Å². The van der Waals surface area contributed by atoms with Crippen LogP contribution in [0.2, 0.25) is 0 Å². The van der Waals surface area contributed by atoms with E-state index in [2.05, 4.69) is 5.32 Å². The van der Waals surface area contributed by atoms with Crippen molar-refractivity contribution in [3.05, 3.63) is 35.9 Å². The van der Waals surface area contributed by atoms with E-state index in [0.717, 1.165) is 12.0 Å². The molecule has 1 amide bonds. The number of benzene rings is 1. The molecule has 0 spiro atoms. The summed E-state index contributed by atoms with van der Waals surface area (Å²) in [7, 11) is 0. The van der Waals surface area contributed by atoms with Crippen molar-refractivity contribution in [2.24, 2.45) is 0 Å². The molecular formula is C14H20ClNO3. The van der Waals surface area contributed by atoms with Gasteiger partial charge in [-0.25, -0.2) is 0 Å². The molecule has 0 aliphatic carbocycles. The van der Waals surface area contributed by atoms with Crippen LogP contribution in [0.1, 0.15) is 31.7 Å². The molecule has 4 nitrogen and oxygen atoms in total. The third-order valence-corrected chi connectivity index (χ3v) is 2.37. The number of carbonyl (C=O) groups is 2. The van der Waals surface area contributed by atoms with Gasteiger partial charge in [0.1, 0.15) is 6.61 Å². The largest absolute Gasteiger partial charge is 0.461 e. The molecule has 0 unspecified atom stereocenters. The van der Waals surface area contributed by atoms with Crippen LogP contribution in [0.15, 0.2) is 30.3 Å². The number of rotatable bonds is 7. The summed E-state index contributed by atoms with van der Waals surface area (Å²) < 4.78 is 5.08. The van der Waals surface area contributed by atoms with Gasteiger partial charge in [-0.3, -0.25) is 9.59 Å². The summed E-state index contributed by atoms with van der Waals surface area (Å²) in [5, 5.41) is 2.67. The first kappa shape index (κ1) is 17.4. The quantitative estimate of drug-likeness (QED) is 0.783. The SMILES string of the molecule is CCCC(=O)NCCC(=O)OCc1ccccc1.Cl. The Kier molecular flexibility index (Phi) is 9.53. The zero-order valence-corrected chi connectivity index (χ0v) is 11.9. The highest BCUT2D eigenvalue weighted by Gasteiger charge is 2.04. The zero-order chi connectivity index (χ0) is 13.2. The molecule has 0 aliphatic heterocycles. The smallest absolute Gasteiger partial charge is 0.307 e. The normalized spacial score (nSPS) is 9.32. The minimum Gasteiger partial charge on any atom is -0.461 e. The number of amides is 1. The zero-order valence-electron chi connectivity index (χ0n) is 11.1. The minimum atomic E-state index is -0.296. The lowest BCUT2D eigenvalue weighted by atomic mass is 10.2. The van der Waals surface area contributed by atoms with Crippen molar-refractivity contribution in [1.82, 2.24) is 5.32 Å². The second-order valence-electron chi connectivity index (χ2n) is 4.00. The van der Waals surface area contributed by atoms with E-state index >= 15 is 0 Å². The lowest BCUT2D eigenvalue weighted by Crippen LogP contribution is -2.26. The first-order chi connectivity index (χ1) is 8.72.